The summed E-state index contributed by atoms with van der Waals surface area (Å²) in [5.41, 5.74) is 0. The van der Waals surface area contributed by atoms with Crippen molar-refractivity contribution in [2.75, 3.05) is 19.6 Å². The van der Waals surface area contributed by atoms with Crippen LogP contribution in [0.25, 0.3) is 0 Å². The summed E-state index contributed by atoms with van der Waals surface area (Å²) in [4.78, 5) is 14.4. The van der Waals surface area contributed by atoms with Crippen LogP contribution < -0.4 is 5.32 Å². The number of piperidine rings is 1. The topological polar surface area (TPSA) is 32.3 Å². The number of carbonyl (C=O) groups excluding carboxylic acids is 1. The van der Waals surface area contributed by atoms with Gasteiger partial charge in [0.05, 0.1) is 6.54 Å². The molecule has 2 rings (SSSR count). The van der Waals surface area contributed by atoms with Crippen molar-refractivity contribution in [3.05, 3.63) is 0 Å². The van der Waals surface area contributed by atoms with Crippen LogP contribution in [0.1, 0.15) is 51.9 Å². The van der Waals surface area contributed by atoms with Gasteiger partial charge in [0, 0.05) is 12.6 Å². The average Bonchev–Trinajstić information content (AvgIpc) is 2.38. The van der Waals surface area contributed by atoms with Crippen molar-refractivity contribution in [2.45, 2.75) is 57.9 Å². The fourth-order valence-electron chi connectivity index (χ4n) is 3.41. The van der Waals surface area contributed by atoms with Crippen molar-refractivity contribution in [2.24, 2.45) is 5.92 Å². The zero-order chi connectivity index (χ0) is 12.1. The standard InChI is InChI=1S/C14H26N2O/c1-2-9-15-11-14(17)16-10-5-7-12-6-3-4-8-13(12)16/h12-13,15H,2-11H2,1H3/t12-,13-/m1/s1. The molecule has 1 saturated heterocycles. The SMILES string of the molecule is CCCNCC(=O)N1CCC[C@H]2CCCC[C@H]21. The van der Waals surface area contributed by atoms with E-state index in [1.54, 1.807) is 0 Å². The third kappa shape index (κ3) is 3.21. The number of rotatable bonds is 4. The average molecular weight is 238 g/mol. The minimum absolute atomic E-state index is 0.329. The van der Waals surface area contributed by atoms with Gasteiger partial charge in [-0.05, 0) is 44.6 Å². The van der Waals surface area contributed by atoms with E-state index in [9.17, 15) is 4.79 Å². The molecule has 3 heteroatoms. The summed E-state index contributed by atoms with van der Waals surface area (Å²) in [5, 5.41) is 3.24. The maximum atomic E-state index is 12.2. The lowest BCUT2D eigenvalue weighted by molar-refractivity contribution is -0.136. The van der Waals surface area contributed by atoms with E-state index in [1.807, 2.05) is 0 Å². The van der Waals surface area contributed by atoms with Crippen LogP contribution in [0.5, 0.6) is 0 Å². The summed E-state index contributed by atoms with van der Waals surface area (Å²) in [6.45, 7) is 4.62. The van der Waals surface area contributed by atoms with Crippen LogP contribution in [0.2, 0.25) is 0 Å². The molecular weight excluding hydrogens is 212 g/mol. The van der Waals surface area contributed by atoms with Crippen molar-refractivity contribution in [3.63, 3.8) is 0 Å². The minimum Gasteiger partial charge on any atom is -0.338 e. The molecular formula is C14H26N2O. The lowest BCUT2D eigenvalue weighted by Gasteiger charge is -2.44. The van der Waals surface area contributed by atoms with Crippen LogP contribution >= 0.6 is 0 Å². The molecule has 1 aliphatic heterocycles. The molecule has 1 heterocycles. The first kappa shape index (κ1) is 12.9. The van der Waals surface area contributed by atoms with Crippen LogP contribution in [-0.4, -0.2) is 36.5 Å². The third-order valence-electron chi connectivity index (χ3n) is 4.27. The Morgan fingerprint density at radius 1 is 1.24 bits per heavy atom. The van der Waals surface area contributed by atoms with Crippen molar-refractivity contribution in [1.82, 2.24) is 10.2 Å². The van der Waals surface area contributed by atoms with Gasteiger partial charge in [-0.15, -0.1) is 0 Å². The number of likely N-dealkylation sites (tertiary alicyclic amines) is 1. The summed E-state index contributed by atoms with van der Waals surface area (Å²) in [5.74, 6) is 1.13. The number of fused-ring (bicyclic) bond motifs is 1. The van der Waals surface area contributed by atoms with Crippen molar-refractivity contribution in [3.8, 4) is 0 Å². The van der Waals surface area contributed by atoms with E-state index in [0.717, 1.165) is 25.4 Å². The van der Waals surface area contributed by atoms with Gasteiger partial charge < -0.3 is 10.2 Å². The van der Waals surface area contributed by atoms with Gasteiger partial charge >= 0.3 is 0 Å². The Kier molecular flexibility index (Phi) is 4.84. The van der Waals surface area contributed by atoms with E-state index >= 15 is 0 Å². The van der Waals surface area contributed by atoms with Crippen LogP contribution in [0, 0.1) is 5.92 Å². The predicted octanol–water partition coefficient (Wildman–Crippen LogP) is 2.17. The first-order chi connectivity index (χ1) is 8.33. The lowest BCUT2D eigenvalue weighted by Crippen LogP contribution is -2.52. The number of hydrogen-bond acceptors (Lipinski definition) is 2. The van der Waals surface area contributed by atoms with Gasteiger partial charge in [-0.1, -0.05) is 19.8 Å². The van der Waals surface area contributed by atoms with Crippen LogP contribution in [-0.2, 0) is 4.79 Å². The van der Waals surface area contributed by atoms with E-state index in [-0.39, 0.29) is 0 Å². The van der Waals surface area contributed by atoms with Gasteiger partial charge in [-0.25, -0.2) is 0 Å². The summed E-state index contributed by atoms with van der Waals surface area (Å²) in [6.07, 6.45) is 8.92. The number of nitrogens with zero attached hydrogens (tertiary/aromatic N) is 1. The van der Waals surface area contributed by atoms with E-state index in [4.69, 9.17) is 0 Å². The van der Waals surface area contributed by atoms with Gasteiger partial charge in [0.25, 0.3) is 0 Å². The quantitative estimate of drug-likeness (QED) is 0.761. The van der Waals surface area contributed by atoms with Crippen LogP contribution in [0.4, 0.5) is 0 Å². The number of hydrogen-bond donors (Lipinski definition) is 1. The maximum absolute atomic E-state index is 12.2. The van der Waals surface area contributed by atoms with Gasteiger partial charge in [0.15, 0.2) is 0 Å². The number of amides is 1. The monoisotopic (exact) mass is 238 g/mol. The molecule has 2 aliphatic rings. The molecule has 0 aromatic rings. The van der Waals surface area contributed by atoms with E-state index in [0.29, 0.717) is 18.5 Å². The molecule has 98 valence electrons. The van der Waals surface area contributed by atoms with E-state index in [2.05, 4.69) is 17.1 Å². The fourth-order valence-corrected chi connectivity index (χ4v) is 3.41. The zero-order valence-corrected chi connectivity index (χ0v) is 11.1. The Balaban J connectivity index is 1.87. The lowest BCUT2D eigenvalue weighted by atomic mass is 9.78. The number of nitrogens with one attached hydrogen (secondary N) is 1. The largest absolute Gasteiger partial charge is 0.338 e. The predicted molar refractivity (Wildman–Crippen MR) is 69.9 cm³/mol. The molecule has 1 saturated carbocycles. The maximum Gasteiger partial charge on any atom is 0.236 e. The second-order valence-electron chi connectivity index (χ2n) is 5.52. The van der Waals surface area contributed by atoms with Gasteiger partial charge in [0.1, 0.15) is 0 Å². The molecule has 0 aromatic heterocycles. The van der Waals surface area contributed by atoms with Crippen molar-refractivity contribution >= 4 is 5.91 Å². The molecule has 0 bridgehead atoms. The van der Waals surface area contributed by atoms with Gasteiger partial charge in [-0.2, -0.15) is 0 Å². The molecule has 0 radical (unpaired) electrons. The normalized spacial score (nSPS) is 28.9. The fraction of sp³-hybridized carbons (Fsp3) is 0.929. The first-order valence-electron chi connectivity index (χ1n) is 7.33. The van der Waals surface area contributed by atoms with Crippen LogP contribution in [0.3, 0.4) is 0 Å². The molecule has 0 unspecified atom stereocenters. The summed E-state index contributed by atoms with van der Waals surface area (Å²) < 4.78 is 0. The molecule has 2 fully saturated rings. The molecule has 1 amide bonds. The molecule has 1 aliphatic carbocycles. The minimum atomic E-state index is 0.329. The van der Waals surface area contributed by atoms with Gasteiger partial charge in [0.2, 0.25) is 5.91 Å². The molecule has 1 N–H and O–H groups in total. The number of carbonyl (C=O) groups is 1. The Labute approximate surface area is 105 Å². The second-order valence-corrected chi connectivity index (χ2v) is 5.52. The van der Waals surface area contributed by atoms with Crippen LogP contribution in [0.15, 0.2) is 0 Å². The van der Waals surface area contributed by atoms with Crippen molar-refractivity contribution < 1.29 is 4.79 Å². The van der Waals surface area contributed by atoms with E-state index in [1.165, 1.54) is 38.5 Å². The Bertz CT molecular complexity index is 253. The summed E-state index contributed by atoms with van der Waals surface area (Å²) >= 11 is 0. The first-order valence-corrected chi connectivity index (χ1v) is 7.33. The van der Waals surface area contributed by atoms with Crippen molar-refractivity contribution in [1.29, 1.82) is 0 Å². The zero-order valence-electron chi connectivity index (χ0n) is 11.1. The highest BCUT2D eigenvalue weighted by Crippen LogP contribution is 2.35. The second kappa shape index (κ2) is 6.39. The van der Waals surface area contributed by atoms with Gasteiger partial charge in [-0.3, -0.25) is 4.79 Å². The highest BCUT2D eigenvalue weighted by atomic mass is 16.2. The molecule has 3 nitrogen and oxygen atoms in total. The Morgan fingerprint density at radius 2 is 2.00 bits per heavy atom. The third-order valence-corrected chi connectivity index (χ3v) is 4.27. The molecule has 0 aromatic carbocycles. The smallest absolute Gasteiger partial charge is 0.236 e. The highest BCUT2D eigenvalue weighted by molar-refractivity contribution is 5.78. The molecule has 2 atom stereocenters. The summed E-state index contributed by atoms with van der Waals surface area (Å²) in [7, 11) is 0. The molecule has 0 spiro atoms. The summed E-state index contributed by atoms with van der Waals surface area (Å²) in [6, 6.07) is 0.563. The highest BCUT2D eigenvalue weighted by Gasteiger charge is 2.35. The Hall–Kier alpha value is -0.570. The Morgan fingerprint density at radius 3 is 2.82 bits per heavy atom. The van der Waals surface area contributed by atoms with E-state index < -0.39 is 0 Å². The molecule has 17 heavy (non-hydrogen) atoms.